The summed E-state index contributed by atoms with van der Waals surface area (Å²) >= 11 is 0. The Hall–Kier alpha value is -4.20. The van der Waals surface area contributed by atoms with Gasteiger partial charge in [0.15, 0.2) is 0 Å². The van der Waals surface area contributed by atoms with Gasteiger partial charge in [0.05, 0.1) is 36.2 Å². The standard InChI is InChI=1S/C32H35N7O3/c1-32(2,40)19-42-23-10-24(31-22(11-33)14-36-39(31)16-23)21-5-8-29(34-13-21)37-17-25-26(18-37)28-7-6-27(25)38(28)15-20-4-9-30(41-3)35-12-20/h4-5,8-10,12-14,16,25-28,40H,6-7,15,17-19H2,1-3H3/t25-,26+,27-,28+. The van der Waals surface area contributed by atoms with Crippen molar-refractivity contribution < 1.29 is 14.6 Å². The lowest BCUT2D eigenvalue weighted by Gasteiger charge is -2.27. The van der Waals surface area contributed by atoms with Gasteiger partial charge in [0.2, 0.25) is 5.88 Å². The van der Waals surface area contributed by atoms with Crippen LogP contribution in [0.3, 0.4) is 0 Å². The number of nitriles is 1. The van der Waals surface area contributed by atoms with Crippen LogP contribution < -0.4 is 14.4 Å². The molecule has 4 aromatic rings. The van der Waals surface area contributed by atoms with Crippen molar-refractivity contribution in [2.45, 2.75) is 50.9 Å². The number of rotatable bonds is 8. The lowest BCUT2D eigenvalue weighted by atomic mass is 9.82. The third-order valence-electron chi connectivity index (χ3n) is 9.06. The molecule has 3 saturated heterocycles. The number of aliphatic hydroxyl groups is 1. The van der Waals surface area contributed by atoms with Gasteiger partial charge in [0.25, 0.3) is 0 Å². The molecule has 7 heterocycles. The Kier molecular flexibility index (Phi) is 6.52. The summed E-state index contributed by atoms with van der Waals surface area (Å²) in [5, 5.41) is 24.2. The van der Waals surface area contributed by atoms with E-state index in [1.165, 1.54) is 18.4 Å². The number of hydrogen-bond acceptors (Lipinski definition) is 9. The van der Waals surface area contributed by atoms with Crippen molar-refractivity contribution >= 4 is 11.3 Å². The van der Waals surface area contributed by atoms with Crippen molar-refractivity contribution in [3.05, 3.63) is 66.2 Å². The summed E-state index contributed by atoms with van der Waals surface area (Å²) in [4.78, 5) is 14.5. The molecule has 42 heavy (non-hydrogen) atoms. The van der Waals surface area contributed by atoms with Crippen LogP contribution in [0.4, 0.5) is 5.82 Å². The largest absolute Gasteiger partial charge is 0.489 e. The fourth-order valence-electron chi connectivity index (χ4n) is 7.24. The highest BCUT2D eigenvalue weighted by molar-refractivity contribution is 5.85. The molecule has 216 valence electrons. The van der Waals surface area contributed by atoms with Gasteiger partial charge in [-0.15, -0.1) is 0 Å². The van der Waals surface area contributed by atoms with Gasteiger partial charge in [-0.05, 0) is 62.3 Å². The first-order valence-electron chi connectivity index (χ1n) is 14.5. The maximum atomic E-state index is 10.1. The molecule has 7 rings (SSSR count). The van der Waals surface area contributed by atoms with Crippen LogP contribution in [0.2, 0.25) is 0 Å². The third kappa shape index (κ3) is 4.72. The molecular weight excluding hydrogens is 530 g/mol. The summed E-state index contributed by atoms with van der Waals surface area (Å²) in [7, 11) is 1.65. The van der Waals surface area contributed by atoms with Crippen LogP contribution in [0, 0.1) is 23.2 Å². The number of ether oxygens (including phenoxy) is 2. The molecule has 0 amide bonds. The van der Waals surface area contributed by atoms with Crippen molar-refractivity contribution in [2.24, 2.45) is 11.8 Å². The van der Waals surface area contributed by atoms with Crippen LogP contribution in [0.5, 0.6) is 11.6 Å². The summed E-state index contributed by atoms with van der Waals surface area (Å²) in [6, 6.07) is 13.6. The number of aromatic nitrogens is 4. The van der Waals surface area contributed by atoms with Crippen molar-refractivity contribution in [1.82, 2.24) is 24.5 Å². The van der Waals surface area contributed by atoms with Crippen molar-refractivity contribution in [2.75, 3.05) is 31.7 Å². The fraction of sp³-hybridized carbons (Fsp3) is 0.438. The van der Waals surface area contributed by atoms with E-state index in [0.29, 0.717) is 46.6 Å². The van der Waals surface area contributed by atoms with E-state index in [9.17, 15) is 10.4 Å². The van der Waals surface area contributed by atoms with E-state index in [0.717, 1.165) is 36.6 Å². The average Bonchev–Trinajstić information content (AvgIpc) is 3.77. The summed E-state index contributed by atoms with van der Waals surface area (Å²) < 4.78 is 12.8. The molecule has 4 aromatic heterocycles. The van der Waals surface area contributed by atoms with Crippen LogP contribution >= 0.6 is 0 Å². The zero-order valence-corrected chi connectivity index (χ0v) is 24.1. The summed E-state index contributed by atoms with van der Waals surface area (Å²) in [5.74, 6) is 3.49. The lowest BCUT2D eigenvalue weighted by Crippen LogP contribution is -2.35. The normalized spacial score (nSPS) is 23.4. The number of hydrogen-bond donors (Lipinski definition) is 1. The van der Waals surface area contributed by atoms with Crippen molar-refractivity contribution in [3.8, 4) is 28.8 Å². The molecule has 0 radical (unpaired) electrons. The number of nitrogens with zero attached hydrogens (tertiary/aromatic N) is 7. The summed E-state index contributed by atoms with van der Waals surface area (Å²) in [6.45, 7) is 6.51. The van der Waals surface area contributed by atoms with Gasteiger partial charge < -0.3 is 19.5 Å². The maximum Gasteiger partial charge on any atom is 0.212 e. The van der Waals surface area contributed by atoms with Gasteiger partial charge in [0, 0.05) is 61.3 Å². The molecule has 3 aliphatic rings. The van der Waals surface area contributed by atoms with E-state index in [1.807, 2.05) is 24.5 Å². The number of pyridine rings is 3. The van der Waals surface area contributed by atoms with Gasteiger partial charge in [-0.3, -0.25) is 4.90 Å². The Morgan fingerprint density at radius 1 is 1.05 bits per heavy atom. The fourth-order valence-corrected chi connectivity index (χ4v) is 7.24. The topological polar surface area (TPSA) is 112 Å². The minimum Gasteiger partial charge on any atom is -0.489 e. The molecule has 0 aromatic carbocycles. The van der Waals surface area contributed by atoms with Gasteiger partial charge in [-0.25, -0.2) is 14.5 Å². The number of fused-ring (bicyclic) bond motifs is 6. The monoisotopic (exact) mass is 565 g/mol. The molecule has 0 aliphatic carbocycles. The highest BCUT2D eigenvalue weighted by atomic mass is 16.5. The molecule has 4 atom stereocenters. The Bertz CT molecular complexity index is 1620. The van der Waals surface area contributed by atoms with E-state index < -0.39 is 5.60 Å². The maximum absolute atomic E-state index is 10.1. The van der Waals surface area contributed by atoms with E-state index in [4.69, 9.17) is 14.5 Å². The molecule has 0 unspecified atom stereocenters. The van der Waals surface area contributed by atoms with E-state index in [2.05, 4.69) is 44.2 Å². The van der Waals surface area contributed by atoms with Gasteiger partial charge in [-0.1, -0.05) is 6.07 Å². The second-order valence-corrected chi connectivity index (χ2v) is 12.4. The second kappa shape index (κ2) is 10.3. The van der Waals surface area contributed by atoms with E-state index in [-0.39, 0.29) is 6.61 Å². The molecule has 10 heteroatoms. The first-order chi connectivity index (χ1) is 20.3. The minimum atomic E-state index is -0.975. The Labute approximate surface area is 245 Å². The lowest BCUT2D eigenvalue weighted by molar-refractivity contribution is 0.0283. The zero-order chi connectivity index (χ0) is 29.0. The van der Waals surface area contributed by atoms with Gasteiger partial charge >= 0.3 is 0 Å². The second-order valence-electron chi connectivity index (χ2n) is 12.4. The molecule has 1 N–H and O–H groups in total. The average molecular weight is 566 g/mol. The van der Waals surface area contributed by atoms with Crippen LogP contribution in [0.15, 0.2) is 55.1 Å². The Balaban J connectivity index is 1.09. The predicted octanol–water partition coefficient (Wildman–Crippen LogP) is 3.92. The van der Waals surface area contributed by atoms with E-state index in [1.54, 1.807) is 37.9 Å². The highest BCUT2D eigenvalue weighted by Gasteiger charge is 2.56. The quantitative estimate of drug-likeness (QED) is 0.340. The first kappa shape index (κ1) is 26.7. The zero-order valence-electron chi connectivity index (χ0n) is 24.1. The SMILES string of the molecule is COc1ccc(CN2[C@@H]3CC[C@H]2[C@H]2CN(c4ccc(-c5cc(OCC(C)(C)O)cn6ncc(C#N)c56)cn4)C[C@H]23)cn1. The van der Waals surface area contributed by atoms with Gasteiger partial charge in [-0.2, -0.15) is 10.4 Å². The van der Waals surface area contributed by atoms with E-state index >= 15 is 0 Å². The molecule has 0 spiro atoms. The molecule has 10 nitrogen and oxygen atoms in total. The molecule has 3 aliphatic heterocycles. The first-order valence-corrected chi connectivity index (χ1v) is 14.5. The minimum absolute atomic E-state index is 0.134. The smallest absolute Gasteiger partial charge is 0.212 e. The number of anilines is 1. The Morgan fingerprint density at radius 2 is 1.83 bits per heavy atom. The van der Waals surface area contributed by atoms with Crippen LogP contribution in [0.1, 0.15) is 37.8 Å². The summed E-state index contributed by atoms with van der Waals surface area (Å²) in [5.41, 5.74) is 3.16. The van der Waals surface area contributed by atoms with Gasteiger partial charge in [0.1, 0.15) is 24.2 Å². The Morgan fingerprint density at radius 3 is 2.45 bits per heavy atom. The number of methoxy groups -OCH3 is 1. The summed E-state index contributed by atoms with van der Waals surface area (Å²) in [6.07, 6.45) is 9.63. The molecule has 3 fully saturated rings. The molecular formula is C32H35N7O3. The predicted molar refractivity (Wildman–Crippen MR) is 157 cm³/mol. The van der Waals surface area contributed by atoms with Crippen LogP contribution in [0.25, 0.3) is 16.6 Å². The molecule has 0 saturated carbocycles. The highest BCUT2D eigenvalue weighted by Crippen LogP contribution is 2.50. The van der Waals surface area contributed by atoms with Crippen molar-refractivity contribution in [3.63, 3.8) is 0 Å². The van der Waals surface area contributed by atoms with Crippen molar-refractivity contribution in [1.29, 1.82) is 5.26 Å². The van der Waals surface area contributed by atoms with Crippen LogP contribution in [-0.2, 0) is 6.54 Å². The van der Waals surface area contributed by atoms with Crippen LogP contribution in [-0.4, -0.2) is 74.1 Å². The third-order valence-corrected chi connectivity index (χ3v) is 9.06. The molecule has 2 bridgehead atoms.